The lowest BCUT2D eigenvalue weighted by Gasteiger charge is -2.50. The van der Waals surface area contributed by atoms with E-state index in [1.807, 2.05) is 0 Å². The molecule has 3 aliphatic heterocycles. The summed E-state index contributed by atoms with van der Waals surface area (Å²) in [7, 11) is 0. The molecule has 1 aliphatic carbocycles. The van der Waals surface area contributed by atoms with Gasteiger partial charge in [-0.05, 0) is 58.3 Å². The van der Waals surface area contributed by atoms with Gasteiger partial charge in [0, 0.05) is 0 Å². The Morgan fingerprint density at radius 1 is 1.16 bits per heavy atom. The normalized spacial score (nSPS) is 38.1. The third-order valence-electron chi connectivity index (χ3n) is 7.85. The standard InChI is InChI=1S/C25H38Cl3NO8/c1-12(2)14-9-8-13(3)10-15(14)33-20-17-19(18-16(34-20)11-32-24(6,7)36-18)35-21(30)29(17)22(31)37-23(4,5)25(26,27)28/h12-20H,8-11H2,1-7H3/t13-,14+,15-,16-,17+,18-,19-,20+/m1/s1. The molecule has 1 saturated carbocycles. The van der Waals surface area contributed by atoms with Gasteiger partial charge in [-0.15, -0.1) is 0 Å². The Balaban J connectivity index is 1.65. The highest BCUT2D eigenvalue weighted by Crippen LogP contribution is 2.44. The Kier molecular flexibility index (Phi) is 8.31. The van der Waals surface area contributed by atoms with Crippen LogP contribution in [0.5, 0.6) is 0 Å². The van der Waals surface area contributed by atoms with E-state index in [0.29, 0.717) is 17.8 Å². The smallest absolute Gasteiger partial charge is 0.420 e. The summed E-state index contributed by atoms with van der Waals surface area (Å²) in [6.45, 7) is 13.2. The predicted octanol–water partition coefficient (Wildman–Crippen LogP) is 5.82. The minimum absolute atomic E-state index is 0.126. The number of amides is 2. The lowest BCUT2D eigenvalue weighted by atomic mass is 9.75. The molecular weight excluding hydrogens is 549 g/mol. The molecule has 9 nitrogen and oxygen atoms in total. The first-order valence-corrected chi connectivity index (χ1v) is 14.1. The summed E-state index contributed by atoms with van der Waals surface area (Å²) in [6.07, 6.45) is -2.14. The van der Waals surface area contributed by atoms with Crippen molar-refractivity contribution in [3.05, 3.63) is 0 Å². The van der Waals surface area contributed by atoms with Crippen molar-refractivity contribution in [3.8, 4) is 0 Å². The van der Waals surface area contributed by atoms with Gasteiger partial charge >= 0.3 is 12.2 Å². The van der Waals surface area contributed by atoms with E-state index in [1.54, 1.807) is 13.8 Å². The molecule has 212 valence electrons. The minimum Gasteiger partial charge on any atom is -0.440 e. The van der Waals surface area contributed by atoms with Crippen LogP contribution in [0.25, 0.3) is 0 Å². The van der Waals surface area contributed by atoms with Crippen LogP contribution >= 0.6 is 34.8 Å². The minimum atomic E-state index is -1.94. The highest BCUT2D eigenvalue weighted by atomic mass is 35.6. The molecule has 0 N–H and O–H groups in total. The van der Waals surface area contributed by atoms with Crippen molar-refractivity contribution in [1.29, 1.82) is 0 Å². The van der Waals surface area contributed by atoms with Crippen LogP contribution in [0.1, 0.15) is 67.7 Å². The lowest BCUT2D eigenvalue weighted by Crippen LogP contribution is -2.67. The van der Waals surface area contributed by atoms with Gasteiger partial charge in [0.2, 0.25) is 3.79 Å². The highest BCUT2D eigenvalue weighted by Gasteiger charge is 2.63. The topological polar surface area (TPSA) is 92.8 Å². The van der Waals surface area contributed by atoms with E-state index in [4.69, 9.17) is 63.2 Å². The number of hydrogen-bond donors (Lipinski definition) is 0. The van der Waals surface area contributed by atoms with Crippen molar-refractivity contribution in [1.82, 2.24) is 4.90 Å². The third kappa shape index (κ3) is 5.98. The van der Waals surface area contributed by atoms with Crippen LogP contribution in [-0.2, 0) is 28.4 Å². The molecule has 0 bridgehead atoms. The maximum absolute atomic E-state index is 13.4. The number of carbonyl (C=O) groups is 2. The summed E-state index contributed by atoms with van der Waals surface area (Å²) in [6, 6.07) is -0.966. The quantitative estimate of drug-likeness (QED) is 0.381. The van der Waals surface area contributed by atoms with Crippen LogP contribution in [0.3, 0.4) is 0 Å². The number of ether oxygens (including phenoxy) is 6. The number of halogens is 3. The summed E-state index contributed by atoms with van der Waals surface area (Å²) in [5, 5.41) is 0. The maximum Gasteiger partial charge on any atom is 0.420 e. The fourth-order valence-corrected chi connectivity index (χ4v) is 5.71. The second-order valence-corrected chi connectivity index (χ2v) is 14.2. The zero-order chi connectivity index (χ0) is 27.5. The summed E-state index contributed by atoms with van der Waals surface area (Å²) < 4.78 is 34.2. The number of rotatable bonds is 4. The van der Waals surface area contributed by atoms with Gasteiger partial charge in [-0.1, -0.05) is 62.0 Å². The Hall–Kier alpha value is -0.550. The number of fused-ring (bicyclic) bond motifs is 3. The van der Waals surface area contributed by atoms with Crippen LogP contribution in [0.15, 0.2) is 0 Å². The second kappa shape index (κ2) is 10.5. The Labute approximate surface area is 233 Å². The molecule has 0 aromatic heterocycles. The molecule has 0 unspecified atom stereocenters. The molecule has 0 spiro atoms. The molecule has 37 heavy (non-hydrogen) atoms. The highest BCUT2D eigenvalue weighted by molar-refractivity contribution is 6.68. The van der Waals surface area contributed by atoms with E-state index < -0.39 is 58.0 Å². The first-order valence-electron chi connectivity index (χ1n) is 12.9. The van der Waals surface area contributed by atoms with Gasteiger partial charge in [-0.25, -0.2) is 9.59 Å². The van der Waals surface area contributed by atoms with Gasteiger partial charge in [-0.3, -0.25) is 0 Å². The average Bonchev–Trinajstić information content (AvgIpc) is 3.10. The summed E-state index contributed by atoms with van der Waals surface area (Å²) >= 11 is 18.1. The molecular formula is C25H38Cl3NO8. The van der Waals surface area contributed by atoms with Crippen LogP contribution in [0, 0.1) is 17.8 Å². The largest absolute Gasteiger partial charge is 0.440 e. The first-order chi connectivity index (χ1) is 17.0. The average molecular weight is 587 g/mol. The second-order valence-electron chi connectivity index (χ2n) is 11.9. The van der Waals surface area contributed by atoms with Crippen molar-refractivity contribution in [2.24, 2.45) is 17.8 Å². The molecule has 0 aromatic rings. The van der Waals surface area contributed by atoms with Gasteiger partial charge in [0.15, 0.2) is 23.8 Å². The van der Waals surface area contributed by atoms with Crippen molar-refractivity contribution >= 4 is 47.0 Å². The SMILES string of the molecule is CC(C)[C@@H]1CC[C@@H](C)C[C@H]1O[C@H]1O[C@@H]2COC(C)(C)O[C@H]2[C@@H]2OC(=O)N(C(=O)OC(C)(C)C(Cl)(Cl)Cl)[C@H]12. The van der Waals surface area contributed by atoms with Crippen LogP contribution < -0.4 is 0 Å². The van der Waals surface area contributed by atoms with Gasteiger partial charge in [0.05, 0.1) is 12.7 Å². The molecule has 0 radical (unpaired) electrons. The number of carbonyl (C=O) groups excluding carboxylic acids is 2. The van der Waals surface area contributed by atoms with Crippen molar-refractivity contribution in [2.45, 2.75) is 120 Å². The van der Waals surface area contributed by atoms with E-state index >= 15 is 0 Å². The summed E-state index contributed by atoms with van der Waals surface area (Å²) in [5.74, 6) is 0.235. The van der Waals surface area contributed by atoms with Crippen molar-refractivity contribution in [3.63, 3.8) is 0 Å². The van der Waals surface area contributed by atoms with Crippen molar-refractivity contribution in [2.75, 3.05) is 6.61 Å². The monoisotopic (exact) mass is 585 g/mol. The third-order valence-corrected chi connectivity index (χ3v) is 9.22. The molecule has 3 heterocycles. The zero-order valence-corrected chi connectivity index (χ0v) is 24.6. The van der Waals surface area contributed by atoms with Crippen molar-refractivity contribution < 1.29 is 38.0 Å². The molecule has 4 fully saturated rings. The van der Waals surface area contributed by atoms with E-state index in [9.17, 15) is 9.59 Å². The molecule has 12 heteroatoms. The predicted molar refractivity (Wildman–Crippen MR) is 137 cm³/mol. The Bertz CT molecular complexity index is 878. The fourth-order valence-electron chi connectivity index (χ4n) is 5.59. The number of imide groups is 1. The first kappa shape index (κ1) is 29.4. The van der Waals surface area contributed by atoms with E-state index in [-0.39, 0.29) is 12.7 Å². The number of alkyl halides is 3. The Morgan fingerprint density at radius 3 is 2.46 bits per heavy atom. The van der Waals surface area contributed by atoms with E-state index in [2.05, 4.69) is 20.8 Å². The molecule has 3 saturated heterocycles. The van der Waals surface area contributed by atoms with Gasteiger partial charge in [0.25, 0.3) is 0 Å². The van der Waals surface area contributed by atoms with Gasteiger partial charge in [-0.2, -0.15) is 4.90 Å². The van der Waals surface area contributed by atoms with Crippen LogP contribution in [0.4, 0.5) is 9.59 Å². The molecule has 4 aliphatic rings. The van der Waals surface area contributed by atoms with Crippen LogP contribution in [-0.4, -0.2) is 75.6 Å². The van der Waals surface area contributed by atoms with Crippen LogP contribution in [0.2, 0.25) is 0 Å². The van der Waals surface area contributed by atoms with Gasteiger partial charge in [0.1, 0.15) is 18.2 Å². The van der Waals surface area contributed by atoms with Gasteiger partial charge < -0.3 is 28.4 Å². The molecule has 4 rings (SSSR count). The molecule has 0 aromatic carbocycles. The zero-order valence-electron chi connectivity index (χ0n) is 22.4. The lowest BCUT2D eigenvalue weighted by molar-refractivity contribution is -0.371. The number of hydrogen-bond acceptors (Lipinski definition) is 8. The summed E-state index contributed by atoms with van der Waals surface area (Å²) in [4.78, 5) is 27.4. The maximum atomic E-state index is 13.4. The van der Waals surface area contributed by atoms with E-state index in [1.165, 1.54) is 13.8 Å². The van der Waals surface area contributed by atoms with E-state index in [0.717, 1.165) is 24.2 Å². The molecule has 8 atom stereocenters. The Morgan fingerprint density at radius 2 is 1.84 bits per heavy atom. The molecule has 2 amide bonds. The number of nitrogens with zero attached hydrogens (tertiary/aromatic N) is 1. The summed E-state index contributed by atoms with van der Waals surface area (Å²) in [5.41, 5.74) is -1.54. The fraction of sp³-hybridized carbons (Fsp3) is 0.920.